The van der Waals surface area contributed by atoms with E-state index in [2.05, 4.69) is 31.0 Å². The number of azo groups is 1. The van der Waals surface area contributed by atoms with E-state index in [1.165, 1.54) is 30.5 Å². The molecule has 2 nitrogen and oxygen atoms in total. The predicted octanol–water partition coefficient (Wildman–Crippen LogP) is 4.19. The van der Waals surface area contributed by atoms with Gasteiger partial charge in [-0.25, -0.2) is 0 Å². The minimum atomic E-state index is 0.824. The fourth-order valence-electron chi connectivity index (χ4n) is 1.99. The molecule has 0 aromatic carbocycles. The third-order valence-electron chi connectivity index (χ3n) is 3.50. The van der Waals surface area contributed by atoms with Gasteiger partial charge in [-0.1, -0.05) is 13.8 Å². The molecule has 0 spiro atoms. The molecule has 1 rings (SSSR count). The zero-order valence-corrected chi connectivity index (χ0v) is 9.88. The Kier molecular flexibility index (Phi) is 4.30. The summed E-state index contributed by atoms with van der Waals surface area (Å²) >= 11 is 0. The Morgan fingerprint density at radius 3 is 2.21 bits per heavy atom. The van der Waals surface area contributed by atoms with Crippen LogP contribution < -0.4 is 0 Å². The lowest BCUT2D eigenvalue weighted by atomic mass is 9.84. The van der Waals surface area contributed by atoms with Gasteiger partial charge in [-0.3, -0.25) is 0 Å². The van der Waals surface area contributed by atoms with Gasteiger partial charge in [0, 0.05) is 7.05 Å². The topological polar surface area (TPSA) is 24.7 Å². The summed E-state index contributed by atoms with van der Waals surface area (Å²) in [4.78, 5) is 0. The lowest BCUT2D eigenvalue weighted by Crippen LogP contribution is -2.11. The molecule has 14 heavy (non-hydrogen) atoms. The largest absolute Gasteiger partial charge is 0.192 e. The Morgan fingerprint density at radius 1 is 1.07 bits per heavy atom. The molecule has 0 aromatic heterocycles. The Bertz CT molecular complexity index is 241. The van der Waals surface area contributed by atoms with Crippen LogP contribution in [0.25, 0.3) is 0 Å². The molecule has 1 aliphatic carbocycles. The number of hydrogen-bond donors (Lipinski definition) is 0. The van der Waals surface area contributed by atoms with E-state index in [1.807, 2.05) is 0 Å². The minimum Gasteiger partial charge on any atom is -0.192 e. The molecule has 0 amide bonds. The first-order valence-corrected chi connectivity index (χ1v) is 5.63. The van der Waals surface area contributed by atoms with Crippen molar-refractivity contribution < 1.29 is 0 Å². The van der Waals surface area contributed by atoms with Gasteiger partial charge in [-0.2, -0.15) is 10.2 Å². The first-order valence-electron chi connectivity index (χ1n) is 5.63. The van der Waals surface area contributed by atoms with Gasteiger partial charge in [0.1, 0.15) is 0 Å². The molecule has 0 saturated carbocycles. The van der Waals surface area contributed by atoms with Crippen molar-refractivity contribution in [3.05, 3.63) is 11.3 Å². The average molecular weight is 194 g/mol. The quantitative estimate of drug-likeness (QED) is 0.559. The van der Waals surface area contributed by atoms with Crippen molar-refractivity contribution in [3.8, 4) is 0 Å². The maximum absolute atomic E-state index is 4.23. The van der Waals surface area contributed by atoms with Crippen molar-refractivity contribution in [2.24, 2.45) is 22.1 Å². The fraction of sp³-hybridized carbons (Fsp3) is 0.833. The summed E-state index contributed by atoms with van der Waals surface area (Å²) in [5.74, 6) is 1.68. The Hall–Kier alpha value is -0.660. The van der Waals surface area contributed by atoms with Crippen LogP contribution >= 0.6 is 0 Å². The Morgan fingerprint density at radius 2 is 1.64 bits per heavy atom. The summed E-state index contributed by atoms with van der Waals surface area (Å²) in [6, 6.07) is 0. The van der Waals surface area contributed by atoms with Crippen molar-refractivity contribution in [3.63, 3.8) is 0 Å². The molecule has 2 unspecified atom stereocenters. The molecule has 0 saturated heterocycles. The summed E-state index contributed by atoms with van der Waals surface area (Å²) in [6.07, 6.45) is 4.86. The van der Waals surface area contributed by atoms with Crippen molar-refractivity contribution >= 4 is 0 Å². The molecule has 2 heteroatoms. The molecular formula is C12H22N2. The second kappa shape index (κ2) is 5.28. The van der Waals surface area contributed by atoms with Gasteiger partial charge in [0.25, 0.3) is 0 Å². The molecule has 0 aliphatic heterocycles. The molecular weight excluding hydrogens is 172 g/mol. The molecule has 0 aromatic rings. The summed E-state index contributed by atoms with van der Waals surface area (Å²) in [7, 11) is 1.76. The van der Waals surface area contributed by atoms with Gasteiger partial charge in [0.05, 0.1) is 5.70 Å². The number of allylic oxidation sites excluding steroid dienone is 2. The number of hydrogen-bond acceptors (Lipinski definition) is 2. The van der Waals surface area contributed by atoms with Crippen LogP contribution in [0.5, 0.6) is 0 Å². The normalized spacial score (nSPS) is 35.7. The van der Waals surface area contributed by atoms with E-state index in [-0.39, 0.29) is 0 Å². The molecule has 0 fully saturated rings. The van der Waals surface area contributed by atoms with Crippen LogP contribution in [0.4, 0.5) is 0 Å². The van der Waals surface area contributed by atoms with Crippen molar-refractivity contribution in [2.45, 2.75) is 46.5 Å². The summed E-state index contributed by atoms with van der Waals surface area (Å²) in [5.41, 5.74) is 2.67. The maximum Gasteiger partial charge on any atom is 0.0615 e. The van der Waals surface area contributed by atoms with E-state index in [4.69, 9.17) is 0 Å². The van der Waals surface area contributed by atoms with E-state index in [9.17, 15) is 0 Å². The first kappa shape index (κ1) is 11.4. The fourth-order valence-corrected chi connectivity index (χ4v) is 1.99. The van der Waals surface area contributed by atoms with Crippen LogP contribution in [-0.4, -0.2) is 7.05 Å². The second-order valence-corrected chi connectivity index (χ2v) is 4.56. The highest BCUT2D eigenvalue weighted by molar-refractivity contribution is 5.11. The standard InChI is InChI=1S/C12H22N2/c1-9-5-6-11(3)12(14-13-4)8-7-10(9)2/h9-10H,5-8H2,1-4H3/b12-11+,14-13?. The minimum absolute atomic E-state index is 0.824. The first-order chi connectivity index (χ1) is 6.65. The Balaban J connectivity index is 2.74. The van der Waals surface area contributed by atoms with E-state index >= 15 is 0 Å². The highest BCUT2D eigenvalue weighted by atomic mass is 15.1. The number of rotatable bonds is 1. The SMILES string of the molecule is CN=N/C1=C(\C)CCC(C)C(C)CC1. The smallest absolute Gasteiger partial charge is 0.0615 e. The lowest BCUT2D eigenvalue weighted by Gasteiger charge is -2.23. The van der Waals surface area contributed by atoms with E-state index in [0.717, 1.165) is 18.3 Å². The van der Waals surface area contributed by atoms with Crippen LogP contribution in [0.1, 0.15) is 46.5 Å². The number of nitrogens with zero attached hydrogens (tertiary/aromatic N) is 2. The van der Waals surface area contributed by atoms with Crippen molar-refractivity contribution in [2.75, 3.05) is 7.05 Å². The highest BCUT2D eigenvalue weighted by Gasteiger charge is 2.17. The highest BCUT2D eigenvalue weighted by Crippen LogP contribution is 2.30. The van der Waals surface area contributed by atoms with Crippen molar-refractivity contribution in [1.29, 1.82) is 0 Å². The molecule has 0 N–H and O–H groups in total. The van der Waals surface area contributed by atoms with Crippen LogP contribution in [-0.2, 0) is 0 Å². The van der Waals surface area contributed by atoms with E-state index in [0.29, 0.717) is 0 Å². The molecule has 0 bridgehead atoms. The summed E-state index contributed by atoms with van der Waals surface area (Å²) in [5, 5.41) is 8.12. The molecule has 0 heterocycles. The predicted molar refractivity (Wildman–Crippen MR) is 60.3 cm³/mol. The van der Waals surface area contributed by atoms with Crippen LogP contribution in [0.2, 0.25) is 0 Å². The van der Waals surface area contributed by atoms with Gasteiger partial charge in [-0.05, 0) is 50.0 Å². The molecule has 1 aliphatic rings. The van der Waals surface area contributed by atoms with Gasteiger partial charge in [0.2, 0.25) is 0 Å². The zero-order chi connectivity index (χ0) is 10.6. The third-order valence-corrected chi connectivity index (χ3v) is 3.50. The van der Waals surface area contributed by atoms with Crippen LogP contribution in [0.3, 0.4) is 0 Å². The molecule has 2 atom stereocenters. The lowest BCUT2D eigenvalue weighted by molar-refractivity contribution is 0.335. The monoisotopic (exact) mass is 194 g/mol. The summed E-state index contributed by atoms with van der Waals surface area (Å²) in [6.45, 7) is 6.92. The van der Waals surface area contributed by atoms with E-state index < -0.39 is 0 Å². The zero-order valence-electron chi connectivity index (χ0n) is 9.88. The summed E-state index contributed by atoms with van der Waals surface area (Å²) < 4.78 is 0. The van der Waals surface area contributed by atoms with Gasteiger partial charge in [-0.15, -0.1) is 0 Å². The van der Waals surface area contributed by atoms with Crippen LogP contribution in [0.15, 0.2) is 21.5 Å². The Labute approximate surface area is 87.5 Å². The van der Waals surface area contributed by atoms with E-state index in [1.54, 1.807) is 7.05 Å². The van der Waals surface area contributed by atoms with Crippen molar-refractivity contribution in [1.82, 2.24) is 0 Å². The average Bonchev–Trinajstić information content (AvgIpc) is 2.18. The maximum atomic E-state index is 4.23. The molecule has 80 valence electrons. The second-order valence-electron chi connectivity index (χ2n) is 4.56. The molecule has 0 radical (unpaired) electrons. The van der Waals surface area contributed by atoms with Gasteiger partial charge < -0.3 is 0 Å². The van der Waals surface area contributed by atoms with Gasteiger partial charge >= 0.3 is 0 Å². The van der Waals surface area contributed by atoms with Gasteiger partial charge in [0.15, 0.2) is 0 Å². The van der Waals surface area contributed by atoms with Crippen LogP contribution in [0, 0.1) is 11.8 Å². The third kappa shape index (κ3) is 2.93.